The third-order valence-electron chi connectivity index (χ3n) is 0.750. The van der Waals surface area contributed by atoms with Gasteiger partial charge in [0.1, 0.15) is 11.6 Å². The van der Waals surface area contributed by atoms with Crippen LogP contribution >= 0.6 is 0 Å². The van der Waals surface area contributed by atoms with Gasteiger partial charge in [-0.3, -0.25) is 0 Å². The molecule has 8 heavy (non-hydrogen) atoms. The van der Waals surface area contributed by atoms with Crippen molar-refractivity contribution in [3.8, 4) is 0 Å². The Morgan fingerprint density at radius 2 is 2.25 bits per heavy atom. The van der Waals surface area contributed by atoms with Crippen LogP contribution in [0.15, 0.2) is 18.3 Å². The van der Waals surface area contributed by atoms with Gasteiger partial charge in [0.05, 0.1) is 6.20 Å². The Labute approximate surface area is 46.2 Å². The van der Waals surface area contributed by atoms with Crippen molar-refractivity contribution in [1.29, 1.82) is 0 Å². The number of halogens is 1. The van der Waals surface area contributed by atoms with Gasteiger partial charge in [-0.2, -0.15) is 0 Å². The summed E-state index contributed by atoms with van der Waals surface area (Å²) in [5.74, 6) is -0.0226. The molecule has 0 aliphatic heterocycles. The first-order valence-electron chi connectivity index (χ1n) is 2.16. The molecule has 0 saturated carbocycles. The number of hydrogen-bond donors (Lipinski definition) is 1. The van der Waals surface area contributed by atoms with E-state index in [1.165, 1.54) is 12.1 Å². The van der Waals surface area contributed by atoms with E-state index in [9.17, 15) is 4.39 Å². The first-order valence-corrected chi connectivity index (χ1v) is 2.16. The minimum atomic E-state index is -0.362. The van der Waals surface area contributed by atoms with Gasteiger partial charge in [-0.25, -0.2) is 9.37 Å². The molecule has 0 bridgehead atoms. The molecule has 1 heterocycles. The Hall–Kier alpha value is -1.12. The maximum Gasteiger partial charge on any atom is 0.141 e. The minimum absolute atomic E-state index is 0.339. The van der Waals surface area contributed by atoms with E-state index < -0.39 is 0 Å². The Kier molecular flexibility index (Phi) is 1.12. The zero-order chi connectivity index (χ0) is 5.98. The second-order valence-corrected chi connectivity index (χ2v) is 1.40. The van der Waals surface area contributed by atoms with Crippen LogP contribution < -0.4 is 5.73 Å². The summed E-state index contributed by atoms with van der Waals surface area (Å²) < 4.78 is 12.0. The lowest BCUT2D eigenvalue weighted by atomic mass is 10.4. The number of anilines is 1. The van der Waals surface area contributed by atoms with Gasteiger partial charge in [-0.15, -0.1) is 0 Å². The molecule has 1 aromatic rings. The van der Waals surface area contributed by atoms with Crippen LogP contribution in [0, 0.1) is 5.82 Å². The zero-order valence-corrected chi connectivity index (χ0v) is 4.13. The molecule has 0 spiro atoms. The van der Waals surface area contributed by atoms with Crippen LogP contribution in [0.2, 0.25) is 0 Å². The van der Waals surface area contributed by atoms with Crippen molar-refractivity contribution in [1.82, 2.24) is 4.98 Å². The van der Waals surface area contributed by atoms with E-state index in [0.29, 0.717) is 5.82 Å². The van der Waals surface area contributed by atoms with E-state index >= 15 is 0 Å². The summed E-state index contributed by atoms with van der Waals surface area (Å²) in [5.41, 5.74) is 5.15. The smallest absolute Gasteiger partial charge is 0.141 e. The van der Waals surface area contributed by atoms with E-state index in [4.69, 9.17) is 5.73 Å². The molecule has 0 amide bonds. The number of nitrogens with two attached hydrogens (primary N) is 1. The maximum atomic E-state index is 12.0. The van der Waals surface area contributed by atoms with Crippen molar-refractivity contribution in [3.05, 3.63) is 24.1 Å². The fraction of sp³-hybridized carbons (Fsp3) is 0. The number of hydrogen-bond acceptors (Lipinski definition) is 2. The fourth-order valence-electron chi connectivity index (χ4n) is 0.387. The monoisotopic (exact) mass is 111 g/mol. The molecule has 2 N–H and O–H groups in total. The summed E-state index contributed by atoms with van der Waals surface area (Å²) in [6, 6.07) is 2.68. The molecule has 0 fully saturated rings. The molecule has 42 valence electrons. The highest BCUT2D eigenvalue weighted by Gasteiger charge is 1.85. The van der Waals surface area contributed by atoms with Crippen LogP contribution in [0.4, 0.5) is 10.2 Å². The molecule has 0 atom stereocenters. The molecule has 0 saturated heterocycles. The average molecular weight is 111 g/mol. The highest BCUT2D eigenvalue weighted by atomic mass is 18.2. The average Bonchev–Trinajstić information content (AvgIpc) is 1.77. The van der Waals surface area contributed by atoms with Gasteiger partial charge in [-0.1, -0.05) is 0 Å². The maximum absolute atomic E-state index is 12.0. The highest BCUT2D eigenvalue weighted by molar-refractivity contribution is 5.25. The van der Waals surface area contributed by atoms with Gasteiger partial charge < -0.3 is 5.73 Å². The standard InChI is InChI=1S/C5H5FN2/c6-4-1-2-5(7)8-3-4/h1-3H,(H2,7,8)/i6-1. The molecule has 0 unspecified atom stereocenters. The van der Waals surface area contributed by atoms with E-state index in [2.05, 4.69) is 4.98 Å². The molecule has 1 aromatic heterocycles. The van der Waals surface area contributed by atoms with E-state index in [1.54, 1.807) is 0 Å². The van der Waals surface area contributed by atoms with E-state index in [0.717, 1.165) is 6.20 Å². The molecule has 1 rings (SSSR count). The molecular weight excluding hydrogens is 106 g/mol. The first-order chi connectivity index (χ1) is 3.79. The number of nitrogens with zero attached hydrogens (tertiary/aromatic N) is 1. The van der Waals surface area contributed by atoms with Gasteiger partial charge in [0, 0.05) is 0 Å². The minimum Gasteiger partial charge on any atom is -0.384 e. The van der Waals surface area contributed by atoms with Crippen molar-refractivity contribution < 1.29 is 4.39 Å². The summed E-state index contributed by atoms with van der Waals surface area (Å²) in [5, 5.41) is 0. The van der Waals surface area contributed by atoms with Gasteiger partial charge in [-0.05, 0) is 12.1 Å². The van der Waals surface area contributed by atoms with Crippen molar-refractivity contribution in [2.75, 3.05) is 5.73 Å². The van der Waals surface area contributed by atoms with Crippen LogP contribution in [0.25, 0.3) is 0 Å². The topological polar surface area (TPSA) is 38.9 Å². The third kappa shape index (κ3) is 0.932. The predicted molar refractivity (Wildman–Crippen MR) is 28.6 cm³/mol. The third-order valence-corrected chi connectivity index (χ3v) is 0.750. The largest absolute Gasteiger partial charge is 0.384 e. The fourth-order valence-corrected chi connectivity index (χ4v) is 0.387. The number of aromatic nitrogens is 1. The highest BCUT2D eigenvalue weighted by Crippen LogP contribution is 1.96. The summed E-state index contributed by atoms with van der Waals surface area (Å²) in [4.78, 5) is 3.48. The van der Waals surface area contributed by atoms with Crippen LogP contribution in [-0.4, -0.2) is 4.98 Å². The van der Waals surface area contributed by atoms with Crippen molar-refractivity contribution >= 4 is 5.82 Å². The molecule has 0 aliphatic rings. The molecular formula is C5H5FN2. The second-order valence-electron chi connectivity index (χ2n) is 1.40. The summed E-state index contributed by atoms with van der Waals surface area (Å²) in [6.07, 6.45) is 1.08. The summed E-state index contributed by atoms with van der Waals surface area (Å²) in [7, 11) is 0. The Balaban J connectivity index is 3.03. The first kappa shape index (κ1) is 5.03. The molecule has 0 aliphatic carbocycles. The molecule has 0 radical (unpaired) electrons. The number of pyridine rings is 1. The lowest BCUT2D eigenvalue weighted by Crippen LogP contribution is -1.87. The molecule has 0 aromatic carbocycles. The van der Waals surface area contributed by atoms with Crippen molar-refractivity contribution in [2.45, 2.75) is 0 Å². The normalized spacial score (nSPS) is 9.12. The quantitative estimate of drug-likeness (QED) is 0.537. The van der Waals surface area contributed by atoms with Gasteiger partial charge >= 0.3 is 0 Å². The van der Waals surface area contributed by atoms with Crippen LogP contribution in [0.1, 0.15) is 0 Å². The van der Waals surface area contributed by atoms with Gasteiger partial charge in [0.25, 0.3) is 0 Å². The van der Waals surface area contributed by atoms with Crippen molar-refractivity contribution in [2.24, 2.45) is 0 Å². The zero-order valence-electron chi connectivity index (χ0n) is 4.13. The Morgan fingerprint density at radius 3 is 2.62 bits per heavy atom. The lowest BCUT2D eigenvalue weighted by Gasteiger charge is -1.86. The van der Waals surface area contributed by atoms with Crippen molar-refractivity contribution in [3.63, 3.8) is 0 Å². The van der Waals surface area contributed by atoms with Gasteiger partial charge in [0.15, 0.2) is 0 Å². The summed E-state index contributed by atoms with van der Waals surface area (Å²) in [6.45, 7) is 0. The molecule has 2 nitrogen and oxygen atoms in total. The summed E-state index contributed by atoms with van der Waals surface area (Å²) >= 11 is 0. The van der Waals surface area contributed by atoms with Crippen LogP contribution in [0.3, 0.4) is 0 Å². The number of nitrogen functional groups attached to an aromatic ring is 1. The Morgan fingerprint density at radius 1 is 1.50 bits per heavy atom. The SMILES string of the molecule is Nc1ccc([18F])cn1. The predicted octanol–water partition coefficient (Wildman–Crippen LogP) is 0.803. The van der Waals surface area contributed by atoms with E-state index in [1.807, 2.05) is 0 Å². The Bertz CT molecular complexity index is 149. The number of rotatable bonds is 0. The second kappa shape index (κ2) is 1.78. The van der Waals surface area contributed by atoms with Crippen LogP contribution in [0.5, 0.6) is 0 Å². The van der Waals surface area contributed by atoms with Crippen LogP contribution in [-0.2, 0) is 0 Å². The van der Waals surface area contributed by atoms with E-state index in [-0.39, 0.29) is 5.82 Å². The van der Waals surface area contributed by atoms with Gasteiger partial charge in [0.2, 0.25) is 0 Å². The molecule has 3 heteroatoms. The lowest BCUT2D eigenvalue weighted by molar-refractivity contribution is 0.622.